The van der Waals surface area contributed by atoms with Crippen molar-refractivity contribution in [1.29, 1.82) is 0 Å². The Morgan fingerprint density at radius 2 is 1.81 bits per heavy atom. The number of nitrogens with zero attached hydrogens (tertiary/aromatic N) is 5. The molecule has 7 heteroatoms. The lowest BCUT2D eigenvalue weighted by molar-refractivity contribution is 0.0771. The van der Waals surface area contributed by atoms with Gasteiger partial charge in [-0.05, 0) is 57.7 Å². The van der Waals surface area contributed by atoms with Crippen molar-refractivity contribution in [3.8, 4) is 0 Å². The van der Waals surface area contributed by atoms with Gasteiger partial charge in [0, 0.05) is 25.7 Å². The molecule has 0 aliphatic carbocycles. The topological polar surface area (TPSA) is 66.3 Å². The number of hydrogen-bond acceptors (Lipinski definition) is 5. The van der Waals surface area contributed by atoms with E-state index in [1.54, 1.807) is 0 Å². The van der Waals surface area contributed by atoms with E-state index in [4.69, 9.17) is 0 Å². The van der Waals surface area contributed by atoms with Gasteiger partial charge in [-0.1, -0.05) is 26.0 Å². The van der Waals surface area contributed by atoms with Crippen molar-refractivity contribution < 1.29 is 4.79 Å². The predicted molar refractivity (Wildman–Crippen MR) is 107 cm³/mol. The molecule has 27 heavy (non-hydrogen) atoms. The zero-order valence-corrected chi connectivity index (χ0v) is 17.2. The van der Waals surface area contributed by atoms with E-state index >= 15 is 0 Å². The molecule has 1 aromatic rings. The molecule has 0 atom stereocenters. The summed E-state index contributed by atoms with van der Waals surface area (Å²) in [5.41, 5.74) is 0.432. The minimum absolute atomic E-state index is 0.119. The number of carbonyl (C=O) groups excluding carboxylic acids is 1. The highest BCUT2D eigenvalue weighted by atomic mass is 16.2. The van der Waals surface area contributed by atoms with Crippen LogP contribution in [0.3, 0.4) is 0 Å². The summed E-state index contributed by atoms with van der Waals surface area (Å²) >= 11 is 0. The van der Waals surface area contributed by atoms with Crippen LogP contribution in [-0.4, -0.2) is 76.0 Å². The minimum atomic E-state index is -0.119. The molecule has 2 saturated heterocycles. The molecule has 0 radical (unpaired) electrons. The second-order valence-corrected chi connectivity index (χ2v) is 8.53. The van der Waals surface area contributed by atoms with Crippen LogP contribution in [-0.2, 0) is 0 Å². The lowest BCUT2D eigenvalue weighted by Crippen LogP contribution is -2.48. The van der Waals surface area contributed by atoms with Crippen molar-refractivity contribution in [1.82, 2.24) is 30.1 Å². The van der Waals surface area contributed by atoms with Gasteiger partial charge in [-0.15, -0.1) is 5.10 Å². The summed E-state index contributed by atoms with van der Waals surface area (Å²) < 4.78 is 1.91. The highest BCUT2D eigenvalue weighted by Crippen LogP contribution is 2.26. The van der Waals surface area contributed by atoms with E-state index in [1.807, 2.05) is 10.9 Å². The third-order valence-corrected chi connectivity index (χ3v) is 5.90. The summed E-state index contributed by atoms with van der Waals surface area (Å²) in [5, 5.41) is 11.2. The lowest BCUT2D eigenvalue weighted by atomic mass is 9.98. The maximum absolute atomic E-state index is 12.1. The molecule has 1 aromatic heterocycles. The van der Waals surface area contributed by atoms with Crippen LogP contribution in [0.15, 0.2) is 6.20 Å². The zero-order valence-electron chi connectivity index (χ0n) is 17.2. The third kappa shape index (κ3) is 5.51. The van der Waals surface area contributed by atoms with Crippen LogP contribution in [0, 0.1) is 5.92 Å². The number of amides is 1. The number of hydrogen-bond donors (Lipinski definition) is 1. The van der Waals surface area contributed by atoms with E-state index in [0.29, 0.717) is 24.2 Å². The molecule has 1 amide bonds. The zero-order chi connectivity index (χ0) is 19.2. The molecule has 2 fully saturated rings. The average Bonchev–Trinajstić information content (AvgIpc) is 3.17. The molecule has 2 aliphatic rings. The Kier molecular flexibility index (Phi) is 7.24. The van der Waals surface area contributed by atoms with Gasteiger partial charge in [0.1, 0.15) is 0 Å². The Bertz CT molecular complexity index is 585. The second kappa shape index (κ2) is 9.64. The van der Waals surface area contributed by atoms with Crippen molar-refractivity contribution in [3.63, 3.8) is 0 Å². The summed E-state index contributed by atoms with van der Waals surface area (Å²) in [6.07, 6.45) is 7.85. The van der Waals surface area contributed by atoms with Crippen molar-refractivity contribution in [2.75, 3.05) is 39.3 Å². The van der Waals surface area contributed by atoms with Gasteiger partial charge in [-0.25, -0.2) is 4.68 Å². The van der Waals surface area contributed by atoms with Gasteiger partial charge < -0.3 is 15.1 Å². The van der Waals surface area contributed by atoms with Gasteiger partial charge in [0.05, 0.1) is 12.2 Å². The molecule has 2 aliphatic heterocycles. The summed E-state index contributed by atoms with van der Waals surface area (Å²) in [6, 6.07) is 1.10. The van der Waals surface area contributed by atoms with E-state index in [9.17, 15) is 4.79 Å². The highest BCUT2D eigenvalue weighted by molar-refractivity contribution is 5.91. The molecule has 3 rings (SSSR count). The number of rotatable bonds is 7. The molecule has 0 spiro atoms. The molecule has 1 N–H and O–H groups in total. The molecule has 3 heterocycles. The van der Waals surface area contributed by atoms with Crippen LogP contribution in [0.5, 0.6) is 0 Å². The Morgan fingerprint density at radius 1 is 1.15 bits per heavy atom. The quantitative estimate of drug-likeness (QED) is 0.790. The van der Waals surface area contributed by atoms with Crippen LogP contribution in [0.4, 0.5) is 0 Å². The first-order valence-corrected chi connectivity index (χ1v) is 10.7. The first-order valence-electron chi connectivity index (χ1n) is 10.7. The maximum atomic E-state index is 12.1. The van der Waals surface area contributed by atoms with E-state index in [2.05, 4.69) is 46.2 Å². The van der Waals surface area contributed by atoms with E-state index in [-0.39, 0.29) is 5.91 Å². The first-order chi connectivity index (χ1) is 13.1. The summed E-state index contributed by atoms with van der Waals surface area (Å²) in [4.78, 5) is 17.4. The van der Waals surface area contributed by atoms with Gasteiger partial charge in [0.2, 0.25) is 0 Å². The fraction of sp³-hybridized carbons (Fsp3) is 0.850. The van der Waals surface area contributed by atoms with Crippen molar-refractivity contribution in [3.05, 3.63) is 11.9 Å². The van der Waals surface area contributed by atoms with Crippen molar-refractivity contribution >= 4 is 5.91 Å². The summed E-state index contributed by atoms with van der Waals surface area (Å²) in [6.45, 7) is 13.1. The number of nitrogens with one attached hydrogen (secondary N) is 1. The number of aromatic nitrogens is 3. The molecule has 152 valence electrons. The van der Waals surface area contributed by atoms with Gasteiger partial charge in [0.25, 0.3) is 5.91 Å². The fourth-order valence-electron chi connectivity index (χ4n) is 4.29. The van der Waals surface area contributed by atoms with Gasteiger partial charge in [0.15, 0.2) is 5.69 Å². The van der Waals surface area contributed by atoms with Crippen LogP contribution in [0.25, 0.3) is 0 Å². The van der Waals surface area contributed by atoms with E-state index in [1.165, 1.54) is 38.9 Å². The van der Waals surface area contributed by atoms with Gasteiger partial charge in [-0.2, -0.15) is 0 Å². The second-order valence-electron chi connectivity index (χ2n) is 8.53. The van der Waals surface area contributed by atoms with Gasteiger partial charge in [-0.3, -0.25) is 4.79 Å². The Labute approximate surface area is 163 Å². The van der Waals surface area contributed by atoms with Gasteiger partial charge >= 0.3 is 0 Å². The molecule has 0 unspecified atom stereocenters. The normalized spacial score (nSPS) is 21.0. The number of carbonyl (C=O) groups is 1. The van der Waals surface area contributed by atoms with E-state index in [0.717, 1.165) is 32.0 Å². The molecular formula is C20H36N6O. The molecule has 0 saturated carbocycles. The SMILES string of the molecule is CCCN1CCC(N2CCC(n3cc(C(=O)NCC(C)C)nn3)CC2)CC1. The molecule has 0 bridgehead atoms. The molecular weight excluding hydrogens is 340 g/mol. The monoisotopic (exact) mass is 376 g/mol. The lowest BCUT2D eigenvalue weighted by Gasteiger charge is -2.41. The van der Waals surface area contributed by atoms with Crippen molar-refractivity contribution in [2.45, 2.75) is 65.0 Å². The van der Waals surface area contributed by atoms with Crippen LogP contribution in [0.2, 0.25) is 0 Å². The molecule has 7 nitrogen and oxygen atoms in total. The smallest absolute Gasteiger partial charge is 0.273 e. The Morgan fingerprint density at radius 3 is 2.44 bits per heavy atom. The van der Waals surface area contributed by atoms with E-state index < -0.39 is 0 Å². The van der Waals surface area contributed by atoms with Crippen LogP contribution >= 0.6 is 0 Å². The predicted octanol–water partition coefficient (Wildman–Crippen LogP) is 2.18. The average molecular weight is 377 g/mol. The number of likely N-dealkylation sites (tertiary alicyclic amines) is 2. The Balaban J connectivity index is 1.45. The maximum Gasteiger partial charge on any atom is 0.273 e. The minimum Gasteiger partial charge on any atom is -0.350 e. The van der Waals surface area contributed by atoms with Crippen LogP contribution in [0.1, 0.15) is 69.4 Å². The van der Waals surface area contributed by atoms with Crippen molar-refractivity contribution in [2.24, 2.45) is 5.92 Å². The standard InChI is InChI=1S/C20H36N6O/c1-4-9-24-10-5-17(6-11-24)25-12-7-18(8-13-25)26-15-19(22-23-26)20(27)21-14-16(2)3/h15-18H,4-14H2,1-3H3,(H,21,27). The third-order valence-electron chi connectivity index (χ3n) is 5.90. The summed E-state index contributed by atoms with van der Waals surface area (Å²) in [7, 11) is 0. The summed E-state index contributed by atoms with van der Waals surface area (Å²) in [5.74, 6) is 0.313. The largest absolute Gasteiger partial charge is 0.350 e. The number of piperidine rings is 2. The van der Waals surface area contributed by atoms with Crippen LogP contribution < -0.4 is 5.32 Å². The highest BCUT2D eigenvalue weighted by Gasteiger charge is 2.29. The first kappa shape index (κ1) is 20.3. The Hall–Kier alpha value is -1.47. The molecule has 0 aromatic carbocycles. The fourth-order valence-corrected chi connectivity index (χ4v) is 4.29.